The van der Waals surface area contributed by atoms with Gasteiger partial charge in [-0.25, -0.2) is 0 Å². The fraction of sp³-hybridized carbons (Fsp3) is 0.667. The van der Waals surface area contributed by atoms with Crippen LogP contribution in [0.3, 0.4) is 0 Å². The fourth-order valence-electron chi connectivity index (χ4n) is 2.59. The first kappa shape index (κ1) is 16.0. The molecule has 0 bridgehead atoms. The molecule has 0 N–H and O–H groups in total. The van der Waals surface area contributed by atoms with Gasteiger partial charge in [0.1, 0.15) is 0 Å². The van der Waals surface area contributed by atoms with Crippen LogP contribution in [0.4, 0.5) is 0 Å². The van der Waals surface area contributed by atoms with Gasteiger partial charge in [0.25, 0.3) is 0 Å². The van der Waals surface area contributed by atoms with Gasteiger partial charge in [-0.2, -0.15) is 0 Å². The summed E-state index contributed by atoms with van der Waals surface area (Å²) in [6, 6.07) is 4.18. The van der Waals surface area contributed by atoms with Gasteiger partial charge in [0.15, 0.2) is 0 Å². The van der Waals surface area contributed by atoms with Crippen molar-refractivity contribution in [3.63, 3.8) is 0 Å². The van der Waals surface area contributed by atoms with Crippen LogP contribution >= 0.6 is 27.3 Å². The molecule has 1 saturated heterocycles. The van der Waals surface area contributed by atoms with E-state index in [9.17, 15) is 4.79 Å². The molecule has 1 aromatic rings. The number of amides is 1. The largest absolute Gasteiger partial charge is 0.342 e. The SMILES string of the molecule is CN(CC(=O)N1CCCCCCC1)Cc1ccc(Br)s1. The lowest BCUT2D eigenvalue weighted by Gasteiger charge is -2.27. The van der Waals surface area contributed by atoms with Crippen molar-refractivity contribution in [1.82, 2.24) is 9.80 Å². The van der Waals surface area contributed by atoms with Gasteiger partial charge in [-0.15, -0.1) is 11.3 Å². The predicted molar refractivity (Wildman–Crippen MR) is 88.0 cm³/mol. The summed E-state index contributed by atoms with van der Waals surface area (Å²) in [6.07, 6.45) is 6.18. The Balaban J connectivity index is 1.79. The number of rotatable bonds is 4. The Kier molecular flexibility index (Phi) is 6.52. The fourth-order valence-corrected chi connectivity index (χ4v) is 4.15. The van der Waals surface area contributed by atoms with Crippen LogP contribution in [0.2, 0.25) is 0 Å². The van der Waals surface area contributed by atoms with Gasteiger partial charge in [-0.1, -0.05) is 19.3 Å². The molecule has 0 atom stereocenters. The van der Waals surface area contributed by atoms with Crippen LogP contribution < -0.4 is 0 Å². The maximum Gasteiger partial charge on any atom is 0.236 e. The number of thiophene rings is 1. The molecule has 5 heteroatoms. The Morgan fingerprint density at radius 2 is 1.90 bits per heavy atom. The lowest BCUT2D eigenvalue weighted by molar-refractivity contribution is -0.132. The minimum absolute atomic E-state index is 0.282. The van der Waals surface area contributed by atoms with Crippen molar-refractivity contribution < 1.29 is 4.79 Å². The molecule has 2 rings (SSSR count). The van der Waals surface area contributed by atoms with Crippen LogP contribution in [0, 0.1) is 0 Å². The quantitative estimate of drug-likeness (QED) is 0.818. The molecule has 0 unspecified atom stereocenters. The molecule has 0 aliphatic carbocycles. The highest BCUT2D eigenvalue weighted by atomic mass is 79.9. The van der Waals surface area contributed by atoms with Gasteiger partial charge in [0, 0.05) is 24.5 Å². The average Bonchev–Trinajstić information content (AvgIpc) is 2.73. The van der Waals surface area contributed by atoms with E-state index in [0.29, 0.717) is 6.54 Å². The van der Waals surface area contributed by atoms with Gasteiger partial charge in [-0.05, 0) is 48.0 Å². The zero-order valence-electron chi connectivity index (χ0n) is 12.1. The average molecular weight is 359 g/mol. The van der Waals surface area contributed by atoms with Gasteiger partial charge in [-0.3, -0.25) is 9.69 Å². The van der Waals surface area contributed by atoms with Gasteiger partial charge in [0.05, 0.1) is 10.3 Å². The molecular weight excluding hydrogens is 336 g/mol. The third kappa shape index (κ3) is 5.19. The van der Waals surface area contributed by atoms with Crippen molar-refractivity contribution in [2.75, 3.05) is 26.7 Å². The standard InChI is InChI=1S/C15H23BrN2OS/c1-17(11-13-7-8-14(16)20-13)12-15(19)18-9-5-3-2-4-6-10-18/h7-8H,2-6,9-12H2,1H3. The second kappa shape index (κ2) is 8.15. The summed E-state index contributed by atoms with van der Waals surface area (Å²) in [6.45, 7) is 3.25. The van der Waals surface area contributed by atoms with E-state index in [1.807, 2.05) is 7.05 Å². The van der Waals surface area contributed by atoms with E-state index in [-0.39, 0.29) is 5.91 Å². The van der Waals surface area contributed by atoms with E-state index in [0.717, 1.165) is 36.3 Å². The molecule has 0 saturated carbocycles. The topological polar surface area (TPSA) is 23.6 Å². The maximum atomic E-state index is 12.3. The number of carbonyl (C=O) groups is 1. The lowest BCUT2D eigenvalue weighted by atomic mass is 10.1. The zero-order chi connectivity index (χ0) is 14.4. The number of halogens is 1. The van der Waals surface area contributed by atoms with E-state index < -0.39 is 0 Å². The first-order chi connectivity index (χ1) is 9.65. The highest BCUT2D eigenvalue weighted by Crippen LogP contribution is 2.23. The van der Waals surface area contributed by atoms with Crippen molar-refractivity contribution in [1.29, 1.82) is 0 Å². The first-order valence-electron chi connectivity index (χ1n) is 7.35. The summed E-state index contributed by atoms with van der Waals surface area (Å²) in [5.41, 5.74) is 0. The monoisotopic (exact) mass is 358 g/mol. The molecule has 3 nitrogen and oxygen atoms in total. The lowest BCUT2D eigenvalue weighted by Crippen LogP contribution is -2.40. The number of likely N-dealkylation sites (tertiary alicyclic amines) is 1. The summed E-state index contributed by atoms with van der Waals surface area (Å²) >= 11 is 5.21. The maximum absolute atomic E-state index is 12.3. The molecular formula is C15H23BrN2OS. The van der Waals surface area contributed by atoms with Crippen LogP contribution in [0.25, 0.3) is 0 Å². The summed E-state index contributed by atoms with van der Waals surface area (Å²) in [4.78, 5) is 17.8. The van der Waals surface area contributed by atoms with Crippen molar-refractivity contribution >= 4 is 33.2 Å². The minimum Gasteiger partial charge on any atom is -0.342 e. The smallest absolute Gasteiger partial charge is 0.236 e. The summed E-state index contributed by atoms with van der Waals surface area (Å²) < 4.78 is 1.15. The van der Waals surface area contributed by atoms with E-state index in [1.165, 1.54) is 24.1 Å². The van der Waals surface area contributed by atoms with Crippen molar-refractivity contribution in [2.24, 2.45) is 0 Å². The summed E-state index contributed by atoms with van der Waals surface area (Å²) in [5.74, 6) is 0.282. The van der Waals surface area contributed by atoms with Crippen molar-refractivity contribution in [3.8, 4) is 0 Å². The molecule has 0 aromatic carbocycles. The molecule has 2 heterocycles. The van der Waals surface area contributed by atoms with E-state index >= 15 is 0 Å². The minimum atomic E-state index is 0.282. The van der Waals surface area contributed by atoms with E-state index in [4.69, 9.17) is 0 Å². The first-order valence-corrected chi connectivity index (χ1v) is 8.96. The molecule has 20 heavy (non-hydrogen) atoms. The summed E-state index contributed by atoms with van der Waals surface area (Å²) in [5, 5.41) is 0. The Labute approximate surface area is 134 Å². The van der Waals surface area contributed by atoms with Crippen molar-refractivity contribution in [2.45, 2.75) is 38.6 Å². The normalized spacial score (nSPS) is 17.1. The summed E-state index contributed by atoms with van der Waals surface area (Å²) in [7, 11) is 2.02. The van der Waals surface area contributed by atoms with Gasteiger partial charge >= 0.3 is 0 Å². The predicted octanol–water partition coefficient (Wildman–Crippen LogP) is 3.74. The zero-order valence-corrected chi connectivity index (χ0v) is 14.5. The van der Waals surface area contributed by atoms with Crippen LogP contribution in [0.15, 0.2) is 15.9 Å². The Bertz CT molecular complexity index is 427. The number of hydrogen-bond donors (Lipinski definition) is 0. The Hall–Kier alpha value is -0.390. The van der Waals surface area contributed by atoms with Gasteiger partial charge < -0.3 is 4.90 Å². The molecule has 1 amide bonds. The molecule has 0 radical (unpaired) electrons. The highest BCUT2D eigenvalue weighted by molar-refractivity contribution is 9.11. The van der Waals surface area contributed by atoms with Crippen LogP contribution in [-0.4, -0.2) is 42.4 Å². The molecule has 1 fully saturated rings. The second-order valence-electron chi connectivity index (χ2n) is 5.53. The number of nitrogens with zero attached hydrogens (tertiary/aromatic N) is 2. The highest BCUT2D eigenvalue weighted by Gasteiger charge is 2.16. The molecule has 1 aliphatic heterocycles. The second-order valence-corrected chi connectivity index (χ2v) is 8.07. The third-order valence-electron chi connectivity index (χ3n) is 3.67. The van der Waals surface area contributed by atoms with E-state index in [2.05, 4.69) is 37.9 Å². The Morgan fingerprint density at radius 3 is 2.50 bits per heavy atom. The molecule has 1 aliphatic rings. The molecule has 1 aromatic heterocycles. The van der Waals surface area contributed by atoms with Crippen LogP contribution in [-0.2, 0) is 11.3 Å². The molecule has 112 valence electrons. The number of carbonyl (C=O) groups excluding carboxylic acids is 1. The van der Waals surface area contributed by atoms with Crippen LogP contribution in [0.1, 0.15) is 37.0 Å². The van der Waals surface area contributed by atoms with Crippen molar-refractivity contribution in [3.05, 3.63) is 20.8 Å². The number of likely N-dealkylation sites (N-methyl/N-ethyl adjacent to an activating group) is 1. The number of hydrogen-bond acceptors (Lipinski definition) is 3. The Morgan fingerprint density at radius 1 is 1.25 bits per heavy atom. The van der Waals surface area contributed by atoms with Gasteiger partial charge in [0.2, 0.25) is 5.91 Å². The van der Waals surface area contributed by atoms with Crippen LogP contribution in [0.5, 0.6) is 0 Å². The molecule has 0 spiro atoms. The van der Waals surface area contributed by atoms with E-state index in [1.54, 1.807) is 11.3 Å². The third-order valence-corrected chi connectivity index (χ3v) is 5.28.